The molecule has 0 bridgehead atoms. The lowest BCUT2D eigenvalue weighted by Gasteiger charge is -2.26. The highest BCUT2D eigenvalue weighted by Gasteiger charge is 2.18. The highest BCUT2D eigenvalue weighted by atomic mass is 16.5. The number of rotatable bonds is 9. The van der Waals surface area contributed by atoms with Crippen molar-refractivity contribution in [2.24, 2.45) is 21.1 Å². The van der Waals surface area contributed by atoms with Gasteiger partial charge in [0.05, 0.1) is 30.3 Å². The summed E-state index contributed by atoms with van der Waals surface area (Å²) in [6.45, 7) is 4.84. The Kier molecular flexibility index (Phi) is 7.99. The van der Waals surface area contributed by atoms with Crippen LogP contribution in [0, 0.1) is 0 Å². The van der Waals surface area contributed by atoms with Crippen molar-refractivity contribution in [3.05, 3.63) is 53.9 Å². The Balaban J connectivity index is 1.31. The minimum Gasteiger partial charge on any atom is -0.397 e. The number of nitrogens with zero attached hydrogens (tertiary/aromatic N) is 4. The van der Waals surface area contributed by atoms with Crippen LogP contribution in [0.3, 0.4) is 0 Å². The molecule has 4 rings (SSSR count). The fraction of sp³-hybridized carbons (Fsp3) is 0.400. The van der Waals surface area contributed by atoms with Gasteiger partial charge in [0.2, 0.25) is 0 Å². The monoisotopic (exact) mass is 510 g/mol. The first kappa shape index (κ1) is 26.0. The Labute approximate surface area is 215 Å². The second-order valence-corrected chi connectivity index (χ2v) is 9.19. The van der Waals surface area contributed by atoms with Gasteiger partial charge in [0.1, 0.15) is 17.1 Å². The van der Waals surface area contributed by atoms with Crippen LogP contribution in [0.15, 0.2) is 36.8 Å². The van der Waals surface area contributed by atoms with E-state index in [0.29, 0.717) is 40.7 Å². The van der Waals surface area contributed by atoms with E-state index in [0.717, 1.165) is 39.3 Å². The van der Waals surface area contributed by atoms with E-state index in [-0.39, 0.29) is 17.7 Å². The smallest absolute Gasteiger partial charge is 0.272 e. The third kappa shape index (κ3) is 6.40. The molecule has 198 valence electrons. The predicted molar refractivity (Wildman–Crippen MR) is 141 cm³/mol. The topological polar surface area (TPSA) is 141 Å². The van der Waals surface area contributed by atoms with Gasteiger partial charge in [-0.3, -0.25) is 19.3 Å². The molecule has 4 heterocycles. The number of hydrogen-bond donors (Lipinski definition) is 4. The Bertz CT molecular complexity index is 1280. The fourth-order valence-electron chi connectivity index (χ4n) is 4.34. The molecule has 3 aromatic heterocycles. The van der Waals surface area contributed by atoms with E-state index in [2.05, 4.69) is 20.9 Å². The Morgan fingerprint density at radius 2 is 1.32 bits per heavy atom. The van der Waals surface area contributed by atoms with Crippen molar-refractivity contribution in [3.63, 3.8) is 0 Å². The van der Waals surface area contributed by atoms with Crippen LogP contribution in [-0.2, 0) is 25.9 Å². The number of hydrogen-bond acceptors (Lipinski definition) is 6. The number of anilines is 3. The van der Waals surface area contributed by atoms with Crippen LogP contribution < -0.4 is 21.7 Å². The summed E-state index contributed by atoms with van der Waals surface area (Å²) in [5.41, 5.74) is 8.41. The summed E-state index contributed by atoms with van der Waals surface area (Å²) in [6.07, 6.45) is 5.84. The maximum atomic E-state index is 12.9. The summed E-state index contributed by atoms with van der Waals surface area (Å²) in [7, 11) is 5.20. The zero-order valence-electron chi connectivity index (χ0n) is 21.4. The molecule has 0 atom stereocenters. The lowest BCUT2D eigenvalue weighted by Crippen LogP contribution is -2.38. The number of nitrogens with one attached hydrogen (secondary N) is 3. The van der Waals surface area contributed by atoms with Crippen molar-refractivity contribution in [1.82, 2.24) is 23.9 Å². The molecule has 1 fully saturated rings. The number of amides is 3. The first-order valence-corrected chi connectivity index (χ1v) is 12.2. The van der Waals surface area contributed by atoms with Gasteiger partial charge in [-0.25, -0.2) is 0 Å². The van der Waals surface area contributed by atoms with Crippen LogP contribution in [0.2, 0.25) is 0 Å². The molecule has 3 aromatic rings. The maximum absolute atomic E-state index is 12.9. The molecule has 0 aliphatic carbocycles. The number of morpholine rings is 1. The molecule has 37 heavy (non-hydrogen) atoms. The zero-order valence-corrected chi connectivity index (χ0v) is 21.4. The van der Waals surface area contributed by atoms with Crippen molar-refractivity contribution in [2.45, 2.75) is 6.42 Å². The number of ether oxygens (including phenoxy) is 1. The van der Waals surface area contributed by atoms with Gasteiger partial charge in [0.25, 0.3) is 17.7 Å². The van der Waals surface area contributed by atoms with Crippen LogP contribution >= 0.6 is 0 Å². The number of nitrogens with two attached hydrogens (primary N) is 1. The number of carbonyl (C=O) groups excluding carboxylic acids is 3. The lowest BCUT2D eigenvalue weighted by molar-refractivity contribution is 0.0374. The average Bonchev–Trinajstić information content (AvgIpc) is 3.52. The van der Waals surface area contributed by atoms with Gasteiger partial charge in [-0.05, 0) is 31.2 Å². The second-order valence-electron chi connectivity index (χ2n) is 9.19. The molecule has 12 nitrogen and oxygen atoms in total. The normalized spacial score (nSPS) is 13.9. The summed E-state index contributed by atoms with van der Waals surface area (Å²) < 4.78 is 10.3. The van der Waals surface area contributed by atoms with Crippen molar-refractivity contribution in [3.8, 4) is 0 Å². The van der Waals surface area contributed by atoms with Gasteiger partial charge in [0.15, 0.2) is 0 Å². The summed E-state index contributed by atoms with van der Waals surface area (Å²) >= 11 is 0. The molecule has 0 unspecified atom stereocenters. The highest BCUT2D eigenvalue weighted by Crippen LogP contribution is 2.19. The molecule has 0 radical (unpaired) electrons. The first-order chi connectivity index (χ1) is 17.7. The molecule has 0 saturated carbocycles. The third-order valence-electron chi connectivity index (χ3n) is 6.29. The molecule has 0 aromatic carbocycles. The quantitative estimate of drug-likeness (QED) is 0.319. The van der Waals surface area contributed by atoms with E-state index < -0.39 is 0 Å². The molecule has 1 aliphatic rings. The largest absolute Gasteiger partial charge is 0.397 e. The van der Waals surface area contributed by atoms with Gasteiger partial charge in [-0.15, -0.1) is 0 Å². The number of nitrogen functional groups attached to an aromatic ring is 1. The molecule has 12 heteroatoms. The van der Waals surface area contributed by atoms with Crippen molar-refractivity contribution >= 4 is 34.8 Å². The summed E-state index contributed by atoms with van der Waals surface area (Å²) in [6, 6.07) is 4.81. The van der Waals surface area contributed by atoms with Gasteiger partial charge < -0.3 is 40.1 Å². The van der Waals surface area contributed by atoms with Crippen LogP contribution in [0.4, 0.5) is 17.1 Å². The van der Waals surface area contributed by atoms with Crippen molar-refractivity contribution in [1.29, 1.82) is 0 Å². The van der Waals surface area contributed by atoms with Gasteiger partial charge in [0, 0.05) is 59.4 Å². The van der Waals surface area contributed by atoms with Crippen LogP contribution in [-0.4, -0.2) is 75.7 Å². The molecule has 5 N–H and O–H groups in total. The summed E-state index contributed by atoms with van der Waals surface area (Å²) in [5, 5.41) is 8.55. The summed E-state index contributed by atoms with van der Waals surface area (Å²) in [5.74, 6) is -0.898. The van der Waals surface area contributed by atoms with Crippen LogP contribution in [0.25, 0.3) is 0 Å². The molecule has 0 spiro atoms. The van der Waals surface area contributed by atoms with Crippen LogP contribution in [0.1, 0.15) is 37.9 Å². The van der Waals surface area contributed by atoms with E-state index in [4.69, 9.17) is 10.5 Å². The zero-order chi connectivity index (χ0) is 26.5. The molecular weight excluding hydrogens is 476 g/mol. The van der Waals surface area contributed by atoms with E-state index in [1.165, 1.54) is 0 Å². The summed E-state index contributed by atoms with van der Waals surface area (Å²) in [4.78, 5) is 40.5. The van der Waals surface area contributed by atoms with E-state index in [1.807, 2.05) is 0 Å². The maximum Gasteiger partial charge on any atom is 0.272 e. The van der Waals surface area contributed by atoms with Gasteiger partial charge >= 0.3 is 0 Å². The Morgan fingerprint density at radius 3 is 1.86 bits per heavy atom. The van der Waals surface area contributed by atoms with Crippen molar-refractivity contribution < 1.29 is 19.1 Å². The second kappa shape index (κ2) is 11.4. The van der Waals surface area contributed by atoms with Crippen LogP contribution in [0.5, 0.6) is 0 Å². The molecule has 1 saturated heterocycles. The SMILES string of the molecule is Cn1cc(NC(=O)c2cc(NC(=O)c3cc(N)cn3C)cn2C)cc1C(=O)NCCCN1CCOCC1. The lowest BCUT2D eigenvalue weighted by atomic mass is 10.3. The number of carbonyl (C=O) groups is 3. The van der Waals surface area contributed by atoms with E-state index >= 15 is 0 Å². The number of aryl methyl sites for hydroxylation is 3. The Hall–Kier alpha value is -4.03. The Morgan fingerprint density at radius 1 is 0.811 bits per heavy atom. The highest BCUT2D eigenvalue weighted by molar-refractivity contribution is 6.07. The van der Waals surface area contributed by atoms with Gasteiger partial charge in [-0.2, -0.15) is 0 Å². The number of aromatic nitrogens is 3. The average molecular weight is 511 g/mol. The van der Waals surface area contributed by atoms with Gasteiger partial charge in [-0.1, -0.05) is 0 Å². The third-order valence-corrected chi connectivity index (χ3v) is 6.29. The minimum atomic E-state index is -0.367. The molecular formula is C25H34N8O4. The first-order valence-electron chi connectivity index (χ1n) is 12.2. The van der Waals surface area contributed by atoms with E-state index in [1.54, 1.807) is 71.6 Å². The van der Waals surface area contributed by atoms with E-state index in [9.17, 15) is 14.4 Å². The van der Waals surface area contributed by atoms with Crippen molar-refractivity contribution in [2.75, 3.05) is 55.8 Å². The standard InChI is InChI=1S/C25H34N8O4/c1-30-14-17(26)11-20(30)24(35)28-19-13-22(32(3)16-19)25(36)29-18-12-21(31(2)15-18)23(34)27-5-4-6-33-7-9-37-10-8-33/h11-16H,4-10,26H2,1-3H3,(H,27,34)(H,28,35)(H,29,36). The minimum absolute atomic E-state index is 0.199. The molecule has 3 amide bonds. The predicted octanol–water partition coefficient (Wildman–Crippen LogP) is 1.24. The fourth-order valence-corrected chi connectivity index (χ4v) is 4.34. The molecule has 1 aliphatic heterocycles.